The molecule has 5 rings (SSSR count). The number of rotatable bonds is 10. The Morgan fingerprint density at radius 2 is 1.37 bits per heavy atom. The van der Waals surface area contributed by atoms with E-state index in [4.69, 9.17) is 9.84 Å². The highest BCUT2D eigenvalue weighted by Gasteiger charge is 2.33. The Balaban J connectivity index is 1.34. The largest absolute Gasteiger partial charge is 0.488 e. The van der Waals surface area contributed by atoms with Gasteiger partial charge in [-0.15, -0.1) is 0 Å². The molecule has 0 spiro atoms. The molecule has 2 amide bonds. The Kier molecular flexibility index (Phi) is 8.31. The van der Waals surface area contributed by atoms with Crippen molar-refractivity contribution in [3.8, 4) is 5.75 Å². The van der Waals surface area contributed by atoms with Crippen LogP contribution in [-0.4, -0.2) is 27.8 Å². The fourth-order valence-corrected chi connectivity index (χ4v) is 4.53. The van der Waals surface area contributed by atoms with Crippen LogP contribution in [0.3, 0.4) is 0 Å². The minimum atomic E-state index is -1.05. The molecule has 0 fully saturated rings. The van der Waals surface area contributed by atoms with Crippen molar-refractivity contribution < 1.29 is 24.2 Å². The van der Waals surface area contributed by atoms with Gasteiger partial charge in [-0.1, -0.05) is 84.9 Å². The standard InChI is InChI=1S/C35H27NO5/c37-33(38)18-17-27-21-26(11-8-13-29-12-4-7-16-32(29)41-24-25-9-2-1-3-10-25)22-28(23-27)19-20-36-34(39)30-14-5-6-15-31(30)35(36)40/h1-10,12-23H,11,24H2,(H,37,38)/b13-8+,18-17+,20-19+. The van der Waals surface area contributed by atoms with E-state index in [1.54, 1.807) is 36.4 Å². The van der Waals surface area contributed by atoms with Crippen LogP contribution in [0, 0.1) is 0 Å². The SMILES string of the molecule is O=C(O)/C=C/c1cc(/C=C/N2C(=O)c3ccccc3C2=O)cc(C/C=C/c2ccccc2OCc2ccccc2)c1. The van der Waals surface area contributed by atoms with Gasteiger partial charge in [0.15, 0.2) is 0 Å². The molecule has 1 heterocycles. The first kappa shape index (κ1) is 27.1. The first-order valence-electron chi connectivity index (χ1n) is 13.1. The Morgan fingerprint density at radius 3 is 2.07 bits per heavy atom. The predicted octanol–water partition coefficient (Wildman–Crippen LogP) is 6.89. The summed E-state index contributed by atoms with van der Waals surface area (Å²) in [5.41, 5.74) is 5.11. The molecular formula is C35H27NO5. The smallest absolute Gasteiger partial charge is 0.328 e. The molecule has 0 atom stereocenters. The second-order valence-corrected chi connectivity index (χ2v) is 9.44. The Hall–Kier alpha value is -5.49. The van der Waals surface area contributed by atoms with Gasteiger partial charge in [-0.3, -0.25) is 9.59 Å². The maximum atomic E-state index is 12.7. The molecule has 0 aliphatic carbocycles. The first-order chi connectivity index (χ1) is 20.0. The van der Waals surface area contributed by atoms with Crippen molar-refractivity contribution >= 4 is 36.0 Å². The van der Waals surface area contributed by atoms with Crippen molar-refractivity contribution in [3.63, 3.8) is 0 Å². The predicted molar refractivity (Wildman–Crippen MR) is 159 cm³/mol. The number of allylic oxidation sites excluding steroid dienone is 1. The molecule has 1 N–H and O–H groups in total. The second kappa shape index (κ2) is 12.6. The van der Waals surface area contributed by atoms with Gasteiger partial charge in [-0.25, -0.2) is 9.69 Å². The molecule has 4 aromatic carbocycles. The third-order valence-corrected chi connectivity index (χ3v) is 6.50. The number of carbonyl (C=O) groups is 3. The molecule has 0 radical (unpaired) electrons. The lowest BCUT2D eigenvalue weighted by Gasteiger charge is -2.09. The monoisotopic (exact) mass is 541 g/mol. The molecule has 41 heavy (non-hydrogen) atoms. The number of fused-ring (bicyclic) bond motifs is 1. The van der Waals surface area contributed by atoms with Crippen LogP contribution in [0.1, 0.15) is 48.5 Å². The average Bonchev–Trinajstić information content (AvgIpc) is 3.23. The summed E-state index contributed by atoms with van der Waals surface area (Å²) < 4.78 is 6.06. The average molecular weight is 542 g/mol. The van der Waals surface area contributed by atoms with Gasteiger partial charge in [0.25, 0.3) is 11.8 Å². The highest BCUT2D eigenvalue weighted by Crippen LogP contribution is 2.24. The van der Waals surface area contributed by atoms with Crippen LogP contribution in [-0.2, 0) is 17.8 Å². The van der Waals surface area contributed by atoms with Crippen molar-refractivity contribution in [2.24, 2.45) is 0 Å². The number of imide groups is 1. The van der Waals surface area contributed by atoms with Crippen LogP contribution in [0.2, 0.25) is 0 Å². The number of hydrogen-bond acceptors (Lipinski definition) is 4. The number of carboxylic acid groups (broad SMARTS) is 1. The lowest BCUT2D eigenvalue weighted by Crippen LogP contribution is -2.23. The van der Waals surface area contributed by atoms with Gasteiger partial charge in [0, 0.05) is 17.8 Å². The maximum absolute atomic E-state index is 12.7. The highest BCUT2D eigenvalue weighted by molar-refractivity contribution is 6.22. The van der Waals surface area contributed by atoms with Crippen molar-refractivity contribution in [2.75, 3.05) is 0 Å². The Bertz CT molecular complexity index is 1650. The lowest BCUT2D eigenvalue weighted by molar-refractivity contribution is -0.131. The fourth-order valence-electron chi connectivity index (χ4n) is 4.53. The van der Waals surface area contributed by atoms with Gasteiger partial charge < -0.3 is 9.84 Å². The Labute approximate surface area is 238 Å². The van der Waals surface area contributed by atoms with Crippen molar-refractivity contribution in [3.05, 3.63) is 154 Å². The van der Waals surface area contributed by atoms with Crippen molar-refractivity contribution in [1.82, 2.24) is 4.90 Å². The summed E-state index contributed by atoms with van der Waals surface area (Å²) in [4.78, 5) is 37.7. The zero-order chi connectivity index (χ0) is 28.6. The molecule has 202 valence electrons. The molecule has 0 unspecified atom stereocenters. The van der Waals surface area contributed by atoms with Crippen LogP contribution < -0.4 is 4.74 Å². The highest BCUT2D eigenvalue weighted by atomic mass is 16.5. The summed E-state index contributed by atoms with van der Waals surface area (Å²) in [5, 5.41) is 9.11. The van der Waals surface area contributed by atoms with Gasteiger partial charge in [0.2, 0.25) is 0 Å². The van der Waals surface area contributed by atoms with Gasteiger partial charge in [-0.05, 0) is 65.1 Å². The number of para-hydroxylation sites is 1. The number of carboxylic acids is 1. The quantitative estimate of drug-likeness (QED) is 0.175. The summed E-state index contributed by atoms with van der Waals surface area (Å²) in [7, 11) is 0. The number of ether oxygens (including phenoxy) is 1. The summed E-state index contributed by atoms with van der Waals surface area (Å²) in [6, 6.07) is 30.1. The normalized spacial score (nSPS) is 13.0. The number of amides is 2. The zero-order valence-corrected chi connectivity index (χ0v) is 22.1. The molecule has 0 bridgehead atoms. The van der Waals surface area contributed by atoms with E-state index in [2.05, 4.69) is 0 Å². The number of hydrogen-bond donors (Lipinski definition) is 1. The molecule has 1 aliphatic rings. The summed E-state index contributed by atoms with van der Waals surface area (Å²) >= 11 is 0. The number of aliphatic carboxylic acids is 1. The van der Waals surface area contributed by atoms with Crippen LogP contribution in [0.15, 0.2) is 115 Å². The van der Waals surface area contributed by atoms with E-state index in [-0.39, 0.29) is 11.8 Å². The zero-order valence-electron chi connectivity index (χ0n) is 22.1. The van der Waals surface area contributed by atoms with Crippen LogP contribution in [0.25, 0.3) is 18.2 Å². The number of carbonyl (C=O) groups excluding carboxylic acids is 2. The summed E-state index contributed by atoms with van der Waals surface area (Å²) in [6.07, 6.45) is 10.3. The van der Waals surface area contributed by atoms with Crippen LogP contribution in [0.4, 0.5) is 0 Å². The van der Waals surface area contributed by atoms with Gasteiger partial charge in [0.1, 0.15) is 12.4 Å². The molecule has 0 saturated carbocycles. The molecule has 0 saturated heterocycles. The summed E-state index contributed by atoms with van der Waals surface area (Å²) in [5.74, 6) is -1.03. The molecule has 4 aromatic rings. The minimum Gasteiger partial charge on any atom is -0.488 e. The molecule has 0 aromatic heterocycles. The molecule has 6 heteroatoms. The van der Waals surface area contributed by atoms with Gasteiger partial charge in [0.05, 0.1) is 11.1 Å². The van der Waals surface area contributed by atoms with E-state index in [0.717, 1.165) is 39.0 Å². The van der Waals surface area contributed by atoms with Crippen LogP contribution >= 0.6 is 0 Å². The first-order valence-corrected chi connectivity index (χ1v) is 13.1. The van der Waals surface area contributed by atoms with Gasteiger partial charge >= 0.3 is 5.97 Å². The lowest BCUT2D eigenvalue weighted by atomic mass is 10.0. The number of benzene rings is 4. The van der Waals surface area contributed by atoms with Crippen molar-refractivity contribution in [1.29, 1.82) is 0 Å². The minimum absolute atomic E-state index is 0.374. The van der Waals surface area contributed by atoms with E-state index in [0.29, 0.717) is 29.7 Å². The van der Waals surface area contributed by atoms with E-state index < -0.39 is 5.97 Å². The molecular weight excluding hydrogens is 514 g/mol. The topological polar surface area (TPSA) is 83.9 Å². The third kappa shape index (κ3) is 6.75. The van der Waals surface area contributed by atoms with E-state index in [1.165, 1.54) is 12.3 Å². The second-order valence-electron chi connectivity index (χ2n) is 9.44. The summed E-state index contributed by atoms with van der Waals surface area (Å²) in [6.45, 7) is 0.465. The fraction of sp³-hybridized carbons (Fsp3) is 0.0571. The van der Waals surface area contributed by atoms with E-state index in [1.807, 2.05) is 78.9 Å². The molecule has 1 aliphatic heterocycles. The third-order valence-electron chi connectivity index (χ3n) is 6.50. The number of nitrogens with zero attached hydrogens (tertiary/aromatic N) is 1. The van der Waals surface area contributed by atoms with Gasteiger partial charge in [-0.2, -0.15) is 0 Å². The van der Waals surface area contributed by atoms with E-state index in [9.17, 15) is 14.4 Å². The molecule has 6 nitrogen and oxygen atoms in total. The van der Waals surface area contributed by atoms with E-state index >= 15 is 0 Å². The van der Waals surface area contributed by atoms with Crippen LogP contribution in [0.5, 0.6) is 5.75 Å². The maximum Gasteiger partial charge on any atom is 0.328 e. The van der Waals surface area contributed by atoms with Crippen molar-refractivity contribution in [2.45, 2.75) is 13.0 Å². The Morgan fingerprint density at radius 1 is 0.732 bits per heavy atom.